The SMILES string of the molecule is Cc1nn(-c2[c-]c(Oc3[c-]c4c(cc3)c3cc(C(C)C(C)(C)C)ccc3n4-c3cc(F)ccn3)ccc2)c(C)c1-c1ccccc1.[Pt+2]. The first-order chi connectivity index (χ1) is 22.1. The summed E-state index contributed by atoms with van der Waals surface area (Å²) in [5.41, 5.74) is 8.02. The number of halogens is 1. The van der Waals surface area contributed by atoms with Gasteiger partial charge in [0.05, 0.1) is 5.69 Å². The van der Waals surface area contributed by atoms with Crippen LogP contribution in [-0.4, -0.2) is 19.3 Å². The van der Waals surface area contributed by atoms with E-state index in [4.69, 9.17) is 9.84 Å². The van der Waals surface area contributed by atoms with E-state index in [1.54, 1.807) is 0 Å². The number of hydrogen-bond donors (Lipinski definition) is 0. The van der Waals surface area contributed by atoms with Gasteiger partial charge < -0.3 is 9.30 Å². The summed E-state index contributed by atoms with van der Waals surface area (Å²) >= 11 is 0. The van der Waals surface area contributed by atoms with Gasteiger partial charge in [0.15, 0.2) is 0 Å². The molecule has 7 heteroatoms. The molecule has 1 unspecified atom stereocenters. The van der Waals surface area contributed by atoms with Crippen LogP contribution in [0.25, 0.3) is 44.4 Å². The third-order valence-corrected chi connectivity index (χ3v) is 8.96. The Morgan fingerprint density at radius 2 is 1.60 bits per heavy atom. The monoisotopic (exact) mass is 801 g/mol. The van der Waals surface area contributed by atoms with Gasteiger partial charge in [-0.2, -0.15) is 17.2 Å². The largest absolute Gasteiger partial charge is 2.00 e. The summed E-state index contributed by atoms with van der Waals surface area (Å²) in [6.07, 6.45) is 1.49. The van der Waals surface area contributed by atoms with E-state index in [2.05, 4.69) is 82.1 Å². The van der Waals surface area contributed by atoms with E-state index in [9.17, 15) is 4.39 Å². The van der Waals surface area contributed by atoms with Gasteiger partial charge in [0.2, 0.25) is 0 Å². The minimum atomic E-state index is -0.351. The number of fused-ring (bicyclic) bond motifs is 3. The second-order valence-electron chi connectivity index (χ2n) is 12.9. The van der Waals surface area contributed by atoms with Gasteiger partial charge in [-0.1, -0.05) is 75.7 Å². The maximum atomic E-state index is 14.5. The van der Waals surface area contributed by atoms with Crippen LogP contribution in [0, 0.1) is 37.2 Å². The number of ether oxygens (including phenoxy) is 1. The third kappa shape index (κ3) is 6.03. The normalized spacial score (nSPS) is 12.3. The summed E-state index contributed by atoms with van der Waals surface area (Å²) in [5.74, 6) is 1.52. The third-order valence-electron chi connectivity index (χ3n) is 8.96. The first-order valence-electron chi connectivity index (χ1n) is 15.5. The van der Waals surface area contributed by atoms with Gasteiger partial charge in [0, 0.05) is 40.5 Å². The molecule has 0 saturated heterocycles. The van der Waals surface area contributed by atoms with Crippen molar-refractivity contribution in [3.63, 3.8) is 0 Å². The van der Waals surface area contributed by atoms with Crippen molar-refractivity contribution in [1.29, 1.82) is 0 Å². The molecule has 0 fully saturated rings. The van der Waals surface area contributed by atoms with E-state index in [0.29, 0.717) is 23.2 Å². The molecule has 238 valence electrons. The molecule has 0 N–H and O–H groups in total. The van der Waals surface area contributed by atoms with E-state index in [0.717, 1.165) is 50.0 Å². The Bertz CT molecular complexity index is 2230. The minimum Gasteiger partial charge on any atom is -0.509 e. The maximum absolute atomic E-state index is 14.5. The average Bonchev–Trinajstić information content (AvgIpc) is 3.52. The molecule has 0 aliphatic rings. The molecule has 1 atom stereocenters. The van der Waals surface area contributed by atoms with Crippen LogP contribution >= 0.6 is 0 Å². The molecule has 7 aromatic rings. The number of aromatic nitrogens is 4. The number of hydrogen-bond acceptors (Lipinski definition) is 3. The van der Waals surface area contributed by atoms with Crippen molar-refractivity contribution < 1.29 is 30.2 Å². The molecule has 47 heavy (non-hydrogen) atoms. The van der Waals surface area contributed by atoms with Crippen LogP contribution < -0.4 is 4.74 Å². The molecule has 3 heterocycles. The quantitative estimate of drug-likeness (QED) is 0.157. The number of pyridine rings is 1. The van der Waals surface area contributed by atoms with E-state index in [1.165, 1.54) is 23.9 Å². The van der Waals surface area contributed by atoms with Crippen LogP contribution in [0.2, 0.25) is 0 Å². The Kier molecular flexibility index (Phi) is 8.67. The van der Waals surface area contributed by atoms with Crippen molar-refractivity contribution in [3.8, 4) is 34.1 Å². The smallest absolute Gasteiger partial charge is 0.509 e. The van der Waals surface area contributed by atoms with Crippen molar-refractivity contribution in [2.45, 2.75) is 47.5 Å². The van der Waals surface area contributed by atoms with E-state index in [-0.39, 0.29) is 32.3 Å². The van der Waals surface area contributed by atoms with E-state index in [1.807, 2.05) is 64.7 Å². The summed E-state index contributed by atoms with van der Waals surface area (Å²) in [7, 11) is 0. The molecule has 0 amide bonds. The summed E-state index contributed by atoms with van der Waals surface area (Å²) < 4.78 is 24.7. The van der Waals surface area contributed by atoms with Crippen molar-refractivity contribution in [2.24, 2.45) is 5.41 Å². The summed E-state index contributed by atoms with van der Waals surface area (Å²) in [6.45, 7) is 13.1. The Morgan fingerprint density at radius 1 is 0.830 bits per heavy atom. The first-order valence-corrected chi connectivity index (χ1v) is 15.5. The molecule has 7 rings (SSSR count). The minimum absolute atomic E-state index is 0. The molecule has 0 spiro atoms. The summed E-state index contributed by atoms with van der Waals surface area (Å²) in [5, 5.41) is 6.89. The molecule has 4 aromatic carbocycles. The predicted molar refractivity (Wildman–Crippen MR) is 183 cm³/mol. The fraction of sp³-hybridized carbons (Fsp3) is 0.200. The molecule has 0 bridgehead atoms. The second-order valence-corrected chi connectivity index (χ2v) is 12.9. The number of benzene rings is 4. The van der Waals surface area contributed by atoms with Gasteiger partial charge >= 0.3 is 21.1 Å². The fourth-order valence-electron chi connectivity index (χ4n) is 6.16. The van der Waals surface area contributed by atoms with Gasteiger partial charge in [-0.15, -0.1) is 35.7 Å². The van der Waals surface area contributed by atoms with Crippen LogP contribution in [-0.2, 0) is 21.1 Å². The zero-order chi connectivity index (χ0) is 32.2. The summed E-state index contributed by atoms with van der Waals surface area (Å²) in [6, 6.07) is 36.2. The second kappa shape index (κ2) is 12.6. The topological polar surface area (TPSA) is 44.9 Å². The van der Waals surface area contributed by atoms with Crippen LogP contribution in [0.5, 0.6) is 11.5 Å². The Hall–Kier alpha value is -4.54. The van der Waals surface area contributed by atoms with Gasteiger partial charge in [-0.05, 0) is 59.5 Å². The average molecular weight is 802 g/mol. The summed E-state index contributed by atoms with van der Waals surface area (Å²) in [4.78, 5) is 4.52. The van der Waals surface area contributed by atoms with Crippen molar-refractivity contribution >= 4 is 21.8 Å². The van der Waals surface area contributed by atoms with Gasteiger partial charge in [0.25, 0.3) is 0 Å². The molecular weight excluding hydrogens is 767 g/mol. The van der Waals surface area contributed by atoms with E-state index < -0.39 is 0 Å². The number of rotatable bonds is 6. The van der Waals surface area contributed by atoms with Crippen molar-refractivity contribution in [1.82, 2.24) is 19.3 Å². The Balaban J connectivity index is 0.00000386. The maximum Gasteiger partial charge on any atom is 2.00 e. The zero-order valence-electron chi connectivity index (χ0n) is 27.2. The van der Waals surface area contributed by atoms with Crippen LogP contribution in [0.15, 0.2) is 97.2 Å². The molecule has 0 radical (unpaired) electrons. The molecule has 5 nitrogen and oxygen atoms in total. The fourth-order valence-corrected chi connectivity index (χ4v) is 6.16. The molecule has 0 aliphatic carbocycles. The number of nitrogens with zero attached hydrogens (tertiary/aromatic N) is 4. The first kappa shape index (κ1) is 32.4. The van der Waals surface area contributed by atoms with E-state index >= 15 is 0 Å². The predicted octanol–water partition coefficient (Wildman–Crippen LogP) is 10.3. The molecule has 0 saturated carbocycles. The van der Waals surface area contributed by atoms with Crippen molar-refractivity contribution in [3.05, 3.63) is 132 Å². The van der Waals surface area contributed by atoms with Gasteiger partial charge in [0.1, 0.15) is 11.6 Å². The van der Waals surface area contributed by atoms with Crippen molar-refractivity contribution in [2.75, 3.05) is 0 Å². The van der Waals surface area contributed by atoms with Gasteiger partial charge in [-0.3, -0.25) is 4.68 Å². The molecular formula is C40H35FN4OPt. The van der Waals surface area contributed by atoms with Crippen LogP contribution in [0.4, 0.5) is 4.39 Å². The molecule has 3 aromatic heterocycles. The van der Waals surface area contributed by atoms with Gasteiger partial charge in [-0.25, -0.2) is 9.37 Å². The van der Waals surface area contributed by atoms with Crippen LogP contribution in [0.3, 0.4) is 0 Å². The standard InChI is InChI=1S/C40H35FN4O.Pt/c1-25(40(4,5)6)29-15-18-36-35(21-29)34-17-16-33(24-37(34)44(36)38-22-30(41)19-20-42-38)46-32-14-10-13-31(23-32)45-27(3)39(26(2)43-45)28-11-8-7-9-12-28;/h7-22,25H,1-6H3;/q-2;+2. The van der Waals surface area contributed by atoms with Crippen LogP contribution in [0.1, 0.15) is 50.6 Å². The Labute approximate surface area is 289 Å². The number of aryl methyl sites for hydroxylation is 1. The molecule has 0 aliphatic heterocycles. The Morgan fingerprint density at radius 3 is 2.34 bits per heavy atom. The zero-order valence-corrected chi connectivity index (χ0v) is 29.5.